The fourth-order valence-electron chi connectivity index (χ4n) is 5.70. The van der Waals surface area contributed by atoms with Gasteiger partial charge in [-0.2, -0.15) is 0 Å². The molecule has 0 radical (unpaired) electrons. The molecule has 0 spiro atoms. The molecule has 300 valence electrons. The molecular weight excluding hydrogens is 775 g/mol. The first-order valence-electron chi connectivity index (χ1n) is 17.2. The number of H-pyrrole nitrogens is 1. The van der Waals surface area contributed by atoms with Crippen LogP contribution in [0.2, 0.25) is 10.0 Å². The van der Waals surface area contributed by atoms with Crippen molar-refractivity contribution in [1.82, 2.24) is 35.7 Å². The van der Waals surface area contributed by atoms with Crippen LogP contribution < -0.4 is 38.2 Å². The van der Waals surface area contributed by atoms with Crippen molar-refractivity contribution < 1.29 is 38.9 Å². The van der Waals surface area contributed by atoms with Crippen molar-refractivity contribution in [3.8, 4) is 0 Å². The van der Waals surface area contributed by atoms with Crippen LogP contribution in [0, 0.1) is 0 Å². The average Bonchev–Trinajstić information content (AvgIpc) is 3.52. The van der Waals surface area contributed by atoms with Crippen molar-refractivity contribution in [2.75, 3.05) is 7.05 Å². The standard InChI is InChI=1S/C36H42Cl2N8O10/c1-18(41-35(54)42-26(34(52)53)15-21-9-5-7-11-24(21)38)30(49)44-29(19(2)45(3)32(51)25(39)14-20-8-4-6-10-23(20)37)31(50)40-17-22-16-27(47)33(56-22)46-13-12-28(48)43-36(46)55/h4-13,17-19,25-27,29,33,47H,14-16,39H2,1-3H3,(H,40,50)(H,44,49)(H,52,53)(H2,41,42,54)(H,43,48,55)/b22-17-/t18-,19-,25-,26-,27+,29-,33+/m0/s1. The van der Waals surface area contributed by atoms with E-state index in [0.29, 0.717) is 21.2 Å². The first-order chi connectivity index (χ1) is 26.5. The molecule has 0 saturated carbocycles. The third kappa shape index (κ3) is 11.2. The highest BCUT2D eigenvalue weighted by molar-refractivity contribution is 6.31. The summed E-state index contributed by atoms with van der Waals surface area (Å²) in [5.41, 5.74) is 5.85. The molecule has 3 aromatic rings. The summed E-state index contributed by atoms with van der Waals surface area (Å²) in [4.78, 5) is 92.5. The molecule has 7 atom stereocenters. The molecule has 2 heterocycles. The molecule has 1 fully saturated rings. The van der Waals surface area contributed by atoms with E-state index in [-0.39, 0.29) is 25.0 Å². The number of nitrogens with one attached hydrogen (secondary N) is 5. The maximum Gasteiger partial charge on any atom is 0.331 e. The topological polar surface area (TPSA) is 267 Å². The minimum absolute atomic E-state index is 0.0364. The van der Waals surface area contributed by atoms with Crippen molar-refractivity contribution in [3.05, 3.63) is 115 Å². The monoisotopic (exact) mass is 816 g/mol. The van der Waals surface area contributed by atoms with Gasteiger partial charge in [0, 0.05) is 48.4 Å². The van der Waals surface area contributed by atoms with Gasteiger partial charge < -0.3 is 46.9 Å². The third-order valence-electron chi connectivity index (χ3n) is 8.97. The fraction of sp³-hybridized carbons (Fsp3) is 0.361. The zero-order valence-corrected chi connectivity index (χ0v) is 31.9. The summed E-state index contributed by atoms with van der Waals surface area (Å²) in [5.74, 6) is -3.66. The molecule has 0 unspecified atom stereocenters. The van der Waals surface area contributed by atoms with E-state index in [2.05, 4.69) is 26.3 Å². The number of ether oxygens (including phenoxy) is 1. The lowest BCUT2D eigenvalue weighted by Gasteiger charge is -2.33. The van der Waals surface area contributed by atoms with E-state index < -0.39 is 83.5 Å². The Morgan fingerprint density at radius 2 is 1.57 bits per heavy atom. The number of likely N-dealkylation sites (N-methyl/N-ethyl adjacent to an activating group) is 1. The average molecular weight is 818 g/mol. The molecular formula is C36H42Cl2N8O10. The van der Waals surface area contributed by atoms with Crippen LogP contribution in [0.1, 0.15) is 37.6 Å². The molecule has 2 aromatic carbocycles. The van der Waals surface area contributed by atoms with E-state index in [4.69, 9.17) is 33.7 Å². The van der Waals surface area contributed by atoms with Crippen molar-refractivity contribution in [3.63, 3.8) is 0 Å². The van der Waals surface area contributed by atoms with E-state index in [9.17, 15) is 43.8 Å². The van der Waals surface area contributed by atoms with Gasteiger partial charge >= 0.3 is 17.7 Å². The number of hydrogen-bond donors (Lipinski definition) is 8. The second kappa shape index (κ2) is 19.3. The van der Waals surface area contributed by atoms with Gasteiger partial charge in [0.2, 0.25) is 23.9 Å². The second-order valence-corrected chi connectivity index (χ2v) is 13.8. The zero-order chi connectivity index (χ0) is 41.3. The molecule has 0 bridgehead atoms. The largest absolute Gasteiger partial charge is 0.480 e. The highest BCUT2D eigenvalue weighted by Gasteiger charge is 2.36. The molecule has 0 aliphatic carbocycles. The molecule has 1 aromatic heterocycles. The Labute approximate surface area is 330 Å². The van der Waals surface area contributed by atoms with Crippen LogP contribution in [0.15, 0.2) is 82.3 Å². The molecule has 1 aliphatic rings. The van der Waals surface area contributed by atoms with Gasteiger partial charge in [0.25, 0.3) is 5.56 Å². The first kappa shape index (κ1) is 43.0. The highest BCUT2D eigenvalue weighted by Crippen LogP contribution is 2.30. The van der Waals surface area contributed by atoms with Crippen LogP contribution in [0.25, 0.3) is 0 Å². The van der Waals surface area contributed by atoms with Crippen molar-refractivity contribution in [1.29, 1.82) is 0 Å². The summed E-state index contributed by atoms with van der Waals surface area (Å²) < 4.78 is 6.63. The SMILES string of the molecule is C[C@H](NC(=O)N[C@@H](Cc1ccccc1Cl)C(=O)O)C(=O)N[C@H](C(=O)N/C=C1/C[C@@H](O)[C@H](n2ccc(=O)[nH]c2=O)O1)[C@H](C)N(C)C(=O)[C@@H](N)Cc1ccccc1Cl. The number of nitrogens with two attached hydrogens (primary N) is 1. The number of carboxylic acids is 1. The maximum atomic E-state index is 13.8. The first-order valence-corrected chi connectivity index (χ1v) is 18.0. The molecule has 56 heavy (non-hydrogen) atoms. The number of hydrogen-bond acceptors (Lipinski definition) is 10. The van der Waals surface area contributed by atoms with Crippen LogP contribution in [0.3, 0.4) is 0 Å². The van der Waals surface area contributed by atoms with E-state index in [1.165, 1.54) is 25.8 Å². The Kier molecular flexibility index (Phi) is 14.8. The van der Waals surface area contributed by atoms with Crippen molar-refractivity contribution in [2.45, 2.75) is 75.7 Å². The number of aromatic nitrogens is 2. The fourth-order valence-corrected chi connectivity index (χ4v) is 6.12. The van der Waals surface area contributed by atoms with Crippen LogP contribution >= 0.6 is 23.2 Å². The molecule has 5 amide bonds. The summed E-state index contributed by atoms with van der Waals surface area (Å²) in [7, 11) is 1.38. The Morgan fingerprint density at radius 1 is 0.964 bits per heavy atom. The number of carboxylic acid groups (broad SMARTS) is 1. The minimum atomic E-state index is -1.50. The Bertz CT molecular complexity index is 2090. The number of benzene rings is 2. The quantitative estimate of drug-likeness (QED) is 0.104. The summed E-state index contributed by atoms with van der Waals surface area (Å²) in [6.07, 6.45) is -0.467. The molecule has 1 saturated heterocycles. The lowest BCUT2D eigenvalue weighted by molar-refractivity contribution is -0.139. The lowest BCUT2D eigenvalue weighted by atomic mass is 10.0. The van der Waals surface area contributed by atoms with E-state index in [1.807, 2.05) is 0 Å². The zero-order valence-electron chi connectivity index (χ0n) is 30.4. The minimum Gasteiger partial charge on any atom is -0.480 e. The number of nitrogens with zero attached hydrogens (tertiary/aromatic N) is 2. The number of amides is 5. The Hall–Kier alpha value is -5.69. The van der Waals surface area contributed by atoms with Gasteiger partial charge in [-0.15, -0.1) is 0 Å². The molecule has 1 aliphatic heterocycles. The van der Waals surface area contributed by atoms with E-state index in [0.717, 1.165) is 23.0 Å². The predicted octanol–water partition coefficient (Wildman–Crippen LogP) is 0.366. The number of carbonyl (C=O) groups is 5. The summed E-state index contributed by atoms with van der Waals surface area (Å²) >= 11 is 12.4. The number of aliphatic carboxylic acids is 1. The normalized spacial score (nSPS) is 18.4. The van der Waals surface area contributed by atoms with Gasteiger partial charge in [-0.25, -0.2) is 14.4 Å². The Morgan fingerprint density at radius 3 is 2.16 bits per heavy atom. The van der Waals surface area contributed by atoms with Gasteiger partial charge in [0.1, 0.15) is 30.0 Å². The second-order valence-electron chi connectivity index (χ2n) is 13.0. The summed E-state index contributed by atoms with van der Waals surface area (Å²) in [6.45, 7) is 2.77. The van der Waals surface area contributed by atoms with Gasteiger partial charge in [-0.1, -0.05) is 59.6 Å². The number of aliphatic hydroxyl groups is 1. The highest BCUT2D eigenvalue weighted by atomic mass is 35.5. The van der Waals surface area contributed by atoms with Crippen molar-refractivity contribution >= 4 is 52.9 Å². The number of urea groups is 1. The number of rotatable bonds is 15. The number of halogens is 2. The summed E-state index contributed by atoms with van der Waals surface area (Å²) in [6, 6.07) is 6.98. The van der Waals surface area contributed by atoms with Crippen LogP contribution in [0.4, 0.5) is 4.79 Å². The third-order valence-corrected chi connectivity index (χ3v) is 9.71. The van der Waals surface area contributed by atoms with E-state index in [1.54, 1.807) is 48.5 Å². The molecule has 9 N–H and O–H groups in total. The molecule has 18 nitrogen and oxygen atoms in total. The number of aromatic amines is 1. The van der Waals surface area contributed by atoms with Crippen LogP contribution in [-0.4, -0.2) is 97.7 Å². The lowest BCUT2D eigenvalue weighted by Crippen LogP contribution is -2.61. The van der Waals surface area contributed by atoms with Crippen LogP contribution in [0.5, 0.6) is 0 Å². The number of aliphatic hydroxyl groups excluding tert-OH is 1. The van der Waals surface area contributed by atoms with Gasteiger partial charge in [0.15, 0.2) is 0 Å². The van der Waals surface area contributed by atoms with E-state index >= 15 is 0 Å². The summed E-state index contributed by atoms with van der Waals surface area (Å²) in [5, 5.41) is 30.7. The van der Waals surface area contributed by atoms with Crippen LogP contribution in [-0.2, 0) is 36.8 Å². The molecule has 20 heteroatoms. The number of carbonyl (C=O) groups excluding carboxylic acids is 4. The maximum absolute atomic E-state index is 13.8. The van der Waals surface area contributed by atoms with Gasteiger partial charge in [-0.3, -0.25) is 28.7 Å². The Balaban J connectivity index is 1.49. The predicted molar refractivity (Wildman–Crippen MR) is 203 cm³/mol. The smallest absolute Gasteiger partial charge is 0.331 e. The van der Waals surface area contributed by atoms with Gasteiger partial charge in [0.05, 0.1) is 12.1 Å². The van der Waals surface area contributed by atoms with Crippen molar-refractivity contribution in [2.24, 2.45) is 5.73 Å². The molecule has 4 rings (SSSR count). The van der Waals surface area contributed by atoms with Gasteiger partial charge in [-0.05, 0) is 43.5 Å².